The Balaban J connectivity index is 1.54. The SMILES string of the molecule is C[C@H](NC(=O)c1cc(-c2cccc(C#N)c2)cn2ncc(Cc3ccc(C(F)(F)F)cc3)c12)c1ccc(C(=O)O)cc1. The maximum absolute atomic E-state index is 13.8. The van der Waals surface area contributed by atoms with E-state index in [9.17, 15) is 33.1 Å². The van der Waals surface area contributed by atoms with Crippen LogP contribution < -0.4 is 5.32 Å². The minimum absolute atomic E-state index is 0.124. The van der Waals surface area contributed by atoms with Crippen molar-refractivity contribution in [2.24, 2.45) is 0 Å². The summed E-state index contributed by atoms with van der Waals surface area (Å²) in [6.45, 7) is 1.77. The molecule has 0 saturated carbocycles. The summed E-state index contributed by atoms with van der Waals surface area (Å²) in [6, 6.07) is 21.2. The lowest BCUT2D eigenvalue weighted by Crippen LogP contribution is -2.27. The van der Waals surface area contributed by atoms with Gasteiger partial charge in [0.2, 0.25) is 0 Å². The third kappa shape index (κ3) is 5.86. The Labute approximate surface area is 238 Å². The van der Waals surface area contributed by atoms with Crippen molar-refractivity contribution in [2.75, 3.05) is 0 Å². The van der Waals surface area contributed by atoms with E-state index in [1.165, 1.54) is 24.3 Å². The molecule has 2 heterocycles. The molecule has 0 aliphatic heterocycles. The molecule has 7 nitrogen and oxygen atoms in total. The maximum atomic E-state index is 13.8. The molecule has 0 fully saturated rings. The number of fused-ring (bicyclic) bond motifs is 1. The molecule has 5 rings (SSSR count). The Morgan fingerprint density at radius 3 is 2.38 bits per heavy atom. The lowest BCUT2D eigenvalue weighted by molar-refractivity contribution is -0.137. The number of carbonyl (C=O) groups is 2. The number of aromatic nitrogens is 2. The van der Waals surface area contributed by atoms with E-state index in [1.54, 1.807) is 60.2 Å². The molecule has 0 aliphatic carbocycles. The number of nitrogens with zero attached hydrogens (tertiary/aromatic N) is 3. The van der Waals surface area contributed by atoms with Gasteiger partial charge in [0.25, 0.3) is 5.91 Å². The number of alkyl halides is 3. The number of nitrogens with one attached hydrogen (secondary N) is 1. The maximum Gasteiger partial charge on any atom is 0.416 e. The van der Waals surface area contributed by atoms with Crippen LogP contribution in [0.1, 0.15) is 61.5 Å². The van der Waals surface area contributed by atoms with E-state index >= 15 is 0 Å². The number of carboxylic acids is 1. The Morgan fingerprint density at radius 2 is 1.74 bits per heavy atom. The minimum Gasteiger partial charge on any atom is -0.478 e. The Morgan fingerprint density at radius 1 is 1.02 bits per heavy atom. The zero-order valence-corrected chi connectivity index (χ0v) is 22.2. The van der Waals surface area contributed by atoms with Gasteiger partial charge in [-0.3, -0.25) is 4.79 Å². The van der Waals surface area contributed by atoms with E-state index in [1.807, 2.05) is 6.07 Å². The van der Waals surface area contributed by atoms with Gasteiger partial charge in [-0.25, -0.2) is 9.31 Å². The molecule has 1 amide bonds. The summed E-state index contributed by atoms with van der Waals surface area (Å²) in [7, 11) is 0. The fraction of sp³-hybridized carbons (Fsp3) is 0.125. The van der Waals surface area contributed by atoms with Gasteiger partial charge in [0.1, 0.15) is 0 Å². The highest BCUT2D eigenvalue weighted by molar-refractivity contribution is 6.03. The van der Waals surface area contributed by atoms with Crippen LogP contribution in [0.15, 0.2) is 91.3 Å². The fourth-order valence-corrected chi connectivity index (χ4v) is 4.72. The molecule has 2 aromatic heterocycles. The number of aromatic carboxylic acids is 1. The van der Waals surface area contributed by atoms with Gasteiger partial charge in [-0.2, -0.15) is 23.5 Å². The Kier molecular flexibility index (Phi) is 7.51. The van der Waals surface area contributed by atoms with Gasteiger partial charge in [0.15, 0.2) is 0 Å². The van der Waals surface area contributed by atoms with Crippen molar-refractivity contribution in [2.45, 2.75) is 25.6 Å². The van der Waals surface area contributed by atoms with E-state index in [-0.39, 0.29) is 17.5 Å². The average molecular weight is 569 g/mol. The molecule has 42 heavy (non-hydrogen) atoms. The second-order valence-corrected chi connectivity index (χ2v) is 9.79. The third-order valence-corrected chi connectivity index (χ3v) is 6.94. The summed E-state index contributed by atoms with van der Waals surface area (Å²) in [5.74, 6) is -1.48. The van der Waals surface area contributed by atoms with Crippen LogP contribution in [0, 0.1) is 11.3 Å². The molecule has 0 radical (unpaired) electrons. The van der Waals surface area contributed by atoms with Gasteiger partial charge in [-0.1, -0.05) is 36.4 Å². The van der Waals surface area contributed by atoms with E-state index in [0.717, 1.165) is 12.1 Å². The number of pyridine rings is 1. The number of nitriles is 1. The molecular weight excluding hydrogens is 545 g/mol. The minimum atomic E-state index is -4.45. The van der Waals surface area contributed by atoms with Crippen molar-refractivity contribution in [3.8, 4) is 17.2 Å². The van der Waals surface area contributed by atoms with Crippen LogP contribution in [0.4, 0.5) is 13.2 Å². The Hall–Kier alpha value is -5.43. The number of carboxylic acid groups (broad SMARTS) is 1. The summed E-state index contributed by atoms with van der Waals surface area (Å²) in [5.41, 5.74) is 3.86. The molecule has 0 bridgehead atoms. The second-order valence-electron chi connectivity index (χ2n) is 9.79. The summed E-state index contributed by atoms with van der Waals surface area (Å²) in [6.07, 6.45) is -0.907. The van der Waals surface area contributed by atoms with Crippen molar-refractivity contribution >= 4 is 17.4 Å². The van der Waals surface area contributed by atoms with Crippen molar-refractivity contribution in [3.05, 3.63) is 130 Å². The summed E-state index contributed by atoms with van der Waals surface area (Å²) < 4.78 is 40.7. The largest absolute Gasteiger partial charge is 0.478 e. The van der Waals surface area contributed by atoms with Gasteiger partial charge in [-0.05, 0) is 66.1 Å². The predicted molar refractivity (Wildman–Crippen MR) is 149 cm³/mol. The fourth-order valence-electron chi connectivity index (χ4n) is 4.72. The van der Waals surface area contributed by atoms with E-state index in [0.29, 0.717) is 38.9 Å². The number of rotatable bonds is 7. The van der Waals surface area contributed by atoms with Gasteiger partial charge in [0.05, 0.1) is 46.1 Å². The molecule has 0 saturated heterocycles. The molecular formula is C32H23F3N4O3. The van der Waals surface area contributed by atoms with Crippen LogP contribution in [0.5, 0.6) is 0 Å². The monoisotopic (exact) mass is 568 g/mol. The number of amides is 1. The van der Waals surface area contributed by atoms with Crippen molar-refractivity contribution in [1.82, 2.24) is 14.9 Å². The highest BCUT2D eigenvalue weighted by atomic mass is 19.4. The molecule has 10 heteroatoms. The molecule has 2 N–H and O–H groups in total. The average Bonchev–Trinajstić information content (AvgIpc) is 3.38. The number of hydrogen-bond donors (Lipinski definition) is 2. The summed E-state index contributed by atoms with van der Waals surface area (Å²) in [5, 5.41) is 25.9. The number of benzene rings is 3. The van der Waals surface area contributed by atoms with Crippen molar-refractivity contribution < 1.29 is 27.9 Å². The zero-order valence-electron chi connectivity index (χ0n) is 22.2. The lowest BCUT2D eigenvalue weighted by Gasteiger charge is -2.16. The normalized spacial score (nSPS) is 12.1. The first kappa shape index (κ1) is 28.1. The summed E-state index contributed by atoms with van der Waals surface area (Å²) in [4.78, 5) is 25.0. The number of hydrogen-bond acceptors (Lipinski definition) is 4. The predicted octanol–water partition coefficient (Wildman–Crippen LogP) is 6.67. The zero-order chi connectivity index (χ0) is 30.0. The molecule has 0 unspecified atom stereocenters. The molecule has 0 spiro atoms. The van der Waals surface area contributed by atoms with E-state index in [4.69, 9.17) is 0 Å². The first-order chi connectivity index (χ1) is 20.0. The van der Waals surface area contributed by atoms with E-state index < -0.39 is 29.7 Å². The van der Waals surface area contributed by atoms with Gasteiger partial charge < -0.3 is 10.4 Å². The van der Waals surface area contributed by atoms with E-state index in [2.05, 4.69) is 16.5 Å². The second kappa shape index (κ2) is 11.2. The summed E-state index contributed by atoms with van der Waals surface area (Å²) >= 11 is 0. The van der Waals surface area contributed by atoms with Gasteiger partial charge >= 0.3 is 12.1 Å². The number of carbonyl (C=O) groups excluding carboxylic acids is 1. The molecule has 210 valence electrons. The lowest BCUT2D eigenvalue weighted by atomic mass is 9.99. The van der Waals surface area contributed by atoms with Crippen LogP contribution in [0.2, 0.25) is 0 Å². The first-order valence-corrected chi connectivity index (χ1v) is 12.8. The van der Waals surface area contributed by atoms with Crippen molar-refractivity contribution in [3.63, 3.8) is 0 Å². The molecule has 0 aliphatic rings. The number of halogens is 3. The third-order valence-electron chi connectivity index (χ3n) is 6.94. The molecule has 5 aromatic rings. The van der Waals surface area contributed by atoms with Crippen LogP contribution in [0.3, 0.4) is 0 Å². The molecule has 3 aromatic carbocycles. The van der Waals surface area contributed by atoms with Crippen LogP contribution in [-0.2, 0) is 12.6 Å². The highest BCUT2D eigenvalue weighted by Gasteiger charge is 2.30. The first-order valence-electron chi connectivity index (χ1n) is 12.8. The van der Waals surface area contributed by atoms with Crippen LogP contribution in [-0.4, -0.2) is 26.6 Å². The standard InChI is InChI=1S/C32H23F3N4O3/c1-19(22-7-9-23(10-8-22)31(41)42)38-30(40)28-15-26(24-4-2-3-21(14-24)16-36)18-39-29(28)25(17-37-39)13-20-5-11-27(12-6-20)32(33,34)35/h2-12,14-15,17-19H,13H2,1H3,(H,38,40)(H,41,42)/t19-/m0/s1. The molecule has 1 atom stereocenters. The highest BCUT2D eigenvalue weighted by Crippen LogP contribution is 2.31. The van der Waals surface area contributed by atoms with Crippen molar-refractivity contribution in [1.29, 1.82) is 5.26 Å². The van der Waals surface area contributed by atoms with Crippen LogP contribution >= 0.6 is 0 Å². The van der Waals surface area contributed by atoms with Crippen LogP contribution in [0.25, 0.3) is 16.6 Å². The van der Waals surface area contributed by atoms with Gasteiger partial charge in [-0.15, -0.1) is 0 Å². The Bertz CT molecular complexity index is 1840. The topological polar surface area (TPSA) is 107 Å². The van der Waals surface area contributed by atoms with Gasteiger partial charge in [0, 0.05) is 23.7 Å². The quantitative estimate of drug-likeness (QED) is 0.228. The smallest absolute Gasteiger partial charge is 0.416 e.